The highest BCUT2D eigenvalue weighted by molar-refractivity contribution is 6.03. The summed E-state index contributed by atoms with van der Waals surface area (Å²) in [6.45, 7) is 5.27. The van der Waals surface area contributed by atoms with E-state index in [4.69, 9.17) is 0 Å². The molecule has 0 saturated heterocycles. The second-order valence-corrected chi connectivity index (χ2v) is 6.82. The fourth-order valence-corrected chi connectivity index (χ4v) is 2.97. The van der Waals surface area contributed by atoms with Gasteiger partial charge in [0.1, 0.15) is 6.54 Å². The van der Waals surface area contributed by atoms with E-state index in [0.29, 0.717) is 22.3 Å². The third-order valence-electron chi connectivity index (χ3n) is 4.21. The minimum absolute atomic E-state index is 0.0281. The number of para-hydroxylation sites is 1. The van der Waals surface area contributed by atoms with Crippen LogP contribution in [0.3, 0.4) is 0 Å². The molecule has 3 aromatic rings. The van der Waals surface area contributed by atoms with Gasteiger partial charge in [0, 0.05) is 11.4 Å². The Morgan fingerprint density at radius 1 is 1.04 bits per heavy atom. The van der Waals surface area contributed by atoms with Crippen molar-refractivity contribution in [2.24, 2.45) is 0 Å². The van der Waals surface area contributed by atoms with Gasteiger partial charge in [-0.15, -0.1) is 0 Å². The van der Waals surface area contributed by atoms with Crippen LogP contribution >= 0.6 is 0 Å². The molecular formula is C21H22N4O3. The van der Waals surface area contributed by atoms with Gasteiger partial charge in [-0.3, -0.25) is 14.4 Å². The number of aromatic nitrogens is 2. The number of hydrogen-bond acceptors (Lipinski definition) is 4. The van der Waals surface area contributed by atoms with Gasteiger partial charge in [-0.25, -0.2) is 4.68 Å². The van der Waals surface area contributed by atoms with E-state index in [-0.39, 0.29) is 24.1 Å². The number of carbonyl (C=O) groups excluding carboxylic acids is 2. The zero-order valence-corrected chi connectivity index (χ0v) is 16.0. The summed E-state index contributed by atoms with van der Waals surface area (Å²) in [5, 5.41) is 11.0. The molecule has 0 bridgehead atoms. The van der Waals surface area contributed by atoms with E-state index in [1.165, 1.54) is 0 Å². The van der Waals surface area contributed by atoms with Crippen LogP contribution in [0.25, 0.3) is 10.8 Å². The van der Waals surface area contributed by atoms with Crippen LogP contribution in [-0.4, -0.2) is 27.6 Å². The molecule has 0 aliphatic heterocycles. The predicted octanol–water partition coefficient (Wildman–Crippen LogP) is 2.48. The van der Waals surface area contributed by atoms with Crippen molar-refractivity contribution in [2.75, 3.05) is 5.32 Å². The van der Waals surface area contributed by atoms with Crippen LogP contribution in [0.15, 0.2) is 53.3 Å². The molecule has 0 atom stereocenters. The second-order valence-electron chi connectivity index (χ2n) is 6.82. The van der Waals surface area contributed by atoms with Crippen molar-refractivity contribution in [1.29, 1.82) is 0 Å². The van der Waals surface area contributed by atoms with Crippen LogP contribution in [0, 0.1) is 6.92 Å². The standard InChI is InChI=1S/C21H22N4O3/c1-13(2)22-20(27)17-10-6-7-11-18(17)23-19(26)12-25-21(28)16-9-5-4-8-15(16)14(3)24-25/h4-11,13H,12H2,1-3H3,(H,22,27)(H,23,26). The Morgan fingerprint density at radius 3 is 2.39 bits per heavy atom. The number of nitrogens with one attached hydrogen (secondary N) is 2. The van der Waals surface area contributed by atoms with Crippen LogP contribution in [0.1, 0.15) is 29.9 Å². The lowest BCUT2D eigenvalue weighted by atomic mass is 10.1. The topological polar surface area (TPSA) is 93.1 Å². The lowest BCUT2D eigenvalue weighted by Gasteiger charge is -2.13. The first-order chi connectivity index (χ1) is 13.4. The summed E-state index contributed by atoms with van der Waals surface area (Å²) in [5.41, 5.74) is 1.08. The molecule has 2 aromatic carbocycles. The monoisotopic (exact) mass is 378 g/mol. The molecule has 3 rings (SSSR count). The highest BCUT2D eigenvalue weighted by atomic mass is 16.2. The molecule has 2 N–H and O–H groups in total. The molecule has 0 spiro atoms. The Bertz CT molecular complexity index is 1100. The normalized spacial score (nSPS) is 10.9. The Labute approximate surface area is 162 Å². The van der Waals surface area contributed by atoms with E-state index in [1.807, 2.05) is 26.0 Å². The van der Waals surface area contributed by atoms with Gasteiger partial charge in [0.05, 0.1) is 22.3 Å². The van der Waals surface area contributed by atoms with Crippen LogP contribution in [0.4, 0.5) is 5.69 Å². The highest BCUT2D eigenvalue weighted by Gasteiger charge is 2.15. The summed E-state index contributed by atoms with van der Waals surface area (Å²) in [7, 11) is 0. The number of fused-ring (bicyclic) bond motifs is 1. The molecule has 0 radical (unpaired) electrons. The molecule has 0 aliphatic rings. The molecule has 1 heterocycles. The number of benzene rings is 2. The Balaban J connectivity index is 1.84. The van der Waals surface area contributed by atoms with Crippen LogP contribution in [0.2, 0.25) is 0 Å². The molecule has 0 unspecified atom stereocenters. The third kappa shape index (κ3) is 4.09. The smallest absolute Gasteiger partial charge is 0.275 e. The van der Waals surface area contributed by atoms with Gasteiger partial charge in [-0.2, -0.15) is 5.10 Å². The van der Waals surface area contributed by atoms with Crippen molar-refractivity contribution in [3.63, 3.8) is 0 Å². The lowest BCUT2D eigenvalue weighted by molar-refractivity contribution is -0.117. The number of anilines is 1. The second kappa shape index (κ2) is 8.04. The van der Waals surface area contributed by atoms with Crippen molar-refractivity contribution >= 4 is 28.3 Å². The average Bonchev–Trinajstić information content (AvgIpc) is 2.65. The Kier molecular flexibility index (Phi) is 5.54. The molecule has 144 valence electrons. The third-order valence-corrected chi connectivity index (χ3v) is 4.21. The SMILES string of the molecule is Cc1nn(CC(=O)Nc2ccccc2C(=O)NC(C)C)c(=O)c2ccccc12. The first-order valence-corrected chi connectivity index (χ1v) is 9.03. The fraction of sp³-hybridized carbons (Fsp3) is 0.238. The molecule has 7 heteroatoms. The maximum Gasteiger partial charge on any atom is 0.275 e. The van der Waals surface area contributed by atoms with Gasteiger partial charge in [0.2, 0.25) is 5.91 Å². The molecular weight excluding hydrogens is 356 g/mol. The zero-order valence-electron chi connectivity index (χ0n) is 16.0. The Hall–Kier alpha value is -3.48. The summed E-state index contributed by atoms with van der Waals surface area (Å²) < 4.78 is 1.14. The number of nitrogens with zero attached hydrogens (tertiary/aromatic N) is 2. The number of rotatable bonds is 5. The summed E-state index contributed by atoms with van der Waals surface area (Å²) >= 11 is 0. The predicted molar refractivity (Wildman–Crippen MR) is 108 cm³/mol. The van der Waals surface area contributed by atoms with E-state index < -0.39 is 5.91 Å². The average molecular weight is 378 g/mol. The minimum atomic E-state index is -0.436. The van der Waals surface area contributed by atoms with E-state index in [9.17, 15) is 14.4 Å². The molecule has 1 aromatic heterocycles. The number of hydrogen-bond donors (Lipinski definition) is 2. The Morgan fingerprint density at radius 2 is 1.68 bits per heavy atom. The van der Waals surface area contributed by atoms with E-state index in [2.05, 4.69) is 15.7 Å². The molecule has 0 fully saturated rings. The summed E-state index contributed by atoms with van der Waals surface area (Å²) in [6, 6.07) is 13.9. The highest BCUT2D eigenvalue weighted by Crippen LogP contribution is 2.16. The minimum Gasteiger partial charge on any atom is -0.350 e. The van der Waals surface area contributed by atoms with Crippen molar-refractivity contribution < 1.29 is 9.59 Å². The first kappa shape index (κ1) is 19.3. The van der Waals surface area contributed by atoms with Gasteiger partial charge in [0.25, 0.3) is 11.5 Å². The van der Waals surface area contributed by atoms with Gasteiger partial charge in [-0.05, 0) is 39.0 Å². The molecule has 7 nitrogen and oxygen atoms in total. The largest absolute Gasteiger partial charge is 0.350 e. The summed E-state index contributed by atoms with van der Waals surface area (Å²) in [5.74, 6) is -0.711. The molecule has 2 amide bonds. The van der Waals surface area contributed by atoms with Crippen molar-refractivity contribution in [3.8, 4) is 0 Å². The lowest BCUT2D eigenvalue weighted by Crippen LogP contribution is -2.32. The summed E-state index contributed by atoms with van der Waals surface area (Å²) in [6.07, 6.45) is 0. The van der Waals surface area contributed by atoms with Crippen LogP contribution in [0.5, 0.6) is 0 Å². The van der Waals surface area contributed by atoms with E-state index in [1.54, 1.807) is 43.3 Å². The van der Waals surface area contributed by atoms with Gasteiger partial charge in [0.15, 0.2) is 0 Å². The fourth-order valence-electron chi connectivity index (χ4n) is 2.97. The van der Waals surface area contributed by atoms with Crippen molar-refractivity contribution in [3.05, 3.63) is 70.1 Å². The molecule has 0 saturated carbocycles. The van der Waals surface area contributed by atoms with Crippen LogP contribution in [-0.2, 0) is 11.3 Å². The van der Waals surface area contributed by atoms with Gasteiger partial charge >= 0.3 is 0 Å². The van der Waals surface area contributed by atoms with E-state index >= 15 is 0 Å². The number of aryl methyl sites for hydroxylation is 1. The maximum absolute atomic E-state index is 12.6. The van der Waals surface area contributed by atoms with Crippen molar-refractivity contribution in [1.82, 2.24) is 15.1 Å². The maximum atomic E-state index is 12.6. The summed E-state index contributed by atoms with van der Waals surface area (Å²) in [4.78, 5) is 37.5. The van der Waals surface area contributed by atoms with E-state index in [0.717, 1.165) is 10.1 Å². The van der Waals surface area contributed by atoms with Gasteiger partial charge < -0.3 is 10.6 Å². The quantitative estimate of drug-likeness (QED) is 0.713. The first-order valence-electron chi connectivity index (χ1n) is 9.03. The van der Waals surface area contributed by atoms with Crippen LogP contribution < -0.4 is 16.2 Å². The number of carbonyl (C=O) groups is 2. The molecule has 0 aliphatic carbocycles. The van der Waals surface area contributed by atoms with Gasteiger partial charge in [-0.1, -0.05) is 30.3 Å². The zero-order chi connectivity index (χ0) is 20.3. The molecule has 28 heavy (non-hydrogen) atoms. The van der Waals surface area contributed by atoms with Crippen molar-refractivity contribution in [2.45, 2.75) is 33.4 Å². The number of amides is 2.